The first-order chi connectivity index (χ1) is 7.27. The van der Waals surface area contributed by atoms with Crippen molar-refractivity contribution in [2.45, 2.75) is 13.3 Å². The molecule has 0 fully saturated rings. The van der Waals surface area contributed by atoms with Gasteiger partial charge in [-0.25, -0.2) is 0 Å². The Balaban J connectivity index is 2.50. The molecular formula is C12H18N2O. The van der Waals surface area contributed by atoms with Crippen LogP contribution in [0.25, 0.3) is 0 Å². The van der Waals surface area contributed by atoms with Gasteiger partial charge in [0.05, 0.1) is 0 Å². The van der Waals surface area contributed by atoms with Gasteiger partial charge in [-0.3, -0.25) is 4.79 Å². The molecular weight excluding hydrogens is 188 g/mol. The van der Waals surface area contributed by atoms with Gasteiger partial charge in [0.15, 0.2) is 0 Å². The van der Waals surface area contributed by atoms with Crippen LogP contribution in [0, 0.1) is 0 Å². The van der Waals surface area contributed by atoms with Gasteiger partial charge in [-0.2, -0.15) is 0 Å². The van der Waals surface area contributed by atoms with E-state index in [9.17, 15) is 4.79 Å². The average Bonchev–Trinajstić information content (AvgIpc) is 2.29. The molecule has 3 nitrogen and oxygen atoms in total. The Kier molecular flexibility index (Phi) is 4.84. The number of carbonyl (C=O) groups excluding carboxylic acids is 1. The minimum atomic E-state index is -0.00657. The molecule has 0 spiro atoms. The van der Waals surface area contributed by atoms with Crippen molar-refractivity contribution in [1.82, 2.24) is 10.6 Å². The van der Waals surface area contributed by atoms with Crippen LogP contribution in [-0.2, 0) is 6.42 Å². The minimum Gasteiger partial charge on any atom is -0.351 e. The van der Waals surface area contributed by atoms with Gasteiger partial charge in [-0.1, -0.05) is 19.1 Å². The Morgan fingerprint density at radius 2 is 1.87 bits per heavy atom. The number of hydrogen-bond donors (Lipinski definition) is 2. The fourth-order valence-electron chi connectivity index (χ4n) is 1.29. The van der Waals surface area contributed by atoms with E-state index in [0.29, 0.717) is 6.54 Å². The Bertz CT molecular complexity index is 306. The SMILES string of the molecule is CCc1ccc(C(=O)NCCNC)cc1. The van der Waals surface area contributed by atoms with Crippen LogP contribution in [0.2, 0.25) is 0 Å². The topological polar surface area (TPSA) is 41.1 Å². The summed E-state index contributed by atoms with van der Waals surface area (Å²) < 4.78 is 0. The van der Waals surface area contributed by atoms with Crippen molar-refractivity contribution in [3.63, 3.8) is 0 Å². The molecule has 0 aliphatic rings. The molecule has 82 valence electrons. The maximum Gasteiger partial charge on any atom is 0.251 e. The molecule has 0 aliphatic heterocycles. The highest BCUT2D eigenvalue weighted by Crippen LogP contribution is 2.04. The van der Waals surface area contributed by atoms with E-state index >= 15 is 0 Å². The normalized spacial score (nSPS) is 10.0. The highest BCUT2D eigenvalue weighted by Gasteiger charge is 2.03. The molecule has 15 heavy (non-hydrogen) atoms. The van der Waals surface area contributed by atoms with Crippen LogP contribution in [0.4, 0.5) is 0 Å². The fraction of sp³-hybridized carbons (Fsp3) is 0.417. The Hall–Kier alpha value is -1.35. The average molecular weight is 206 g/mol. The van der Waals surface area contributed by atoms with Crippen LogP contribution in [0.15, 0.2) is 24.3 Å². The quantitative estimate of drug-likeness (QED) is 0.711. The van der Waals surface area contributed by atoms with E-state index in [1.807, 2.05) is 31.3 Å². The van der Waals surface area contributed by atoms with Crippen molar-refractivity contribution in [1.29, 1.82) is 0 Å². The van der Waals surface area contributed by atoms with E-state index in [0.717, 1.165) is 18.5 Å². The molecule has 0 bridgehead atoms. The molecule has 0 aliphatic carbocycles. The van der Waals surface area contributed by atoms with Crippen LogP contribution in [0.1, 0.15) is 22.8 Å². The molecule has 1 aromatic carbocycles. The second-order valence-electron chi connectivity index (χ2n) is 3.41. The lowest BCUT2D eigenvalue weighted by molar-refractivity contribution is 0.0954. The van der Waals surface area contributed by atoms with Gasteiger partial charge in [-0.15, -0.1) is 0 Å². The van der Waals surface area contributed by atoms with E-state index in [2.05, 4.69) is 17.6 Å². The maximum atomic E-state index is 11.6. The lowest BCUT2D eigenvalue weighted by Gasteiger charge is -2.05. The minimum absolute atomic E-state index is 0.00657. The molecule has 0 heterocycles. The van der Waals surface area contributed by atoms with Crippen molar-refractivity contribution in [3.8, 4) is 0 Å². The fourth-order valence-corrected chi connectivity index (χ4v) is 1.29. The summed E-state index contributed by atoms with van der Waals surface area (Å²) in [6, 6.07) is 7.72. The maximum absolute atomic E-state index is 11.6. The number of nitrogens with one attached hydrogen (secondary N) is 2. The van der Waals surface area contributed by atoms with Crippen LogP contribution in [-0.4, -0.2) is 26.0 Å². The number of carbonyl (C=O) groups is 1. The number of amides is 1. The molecule has 0 unspecified atom stereocenters. The van der Waals surface area contributed by atoms with E-state index in [1.54, 1.807) is 0 Å². The highest BCUT2D eigenvalue weighted by atomic mass is 16.1. The second kappa shape index (κ2) is 6.19. The number of rotatable bonds is 5. The van der Waals surface area contributed by atoms with Crippen molar-refractivity contribution >= 4 is 5.91 Å². The van der Waals surface area contributed by atoms with Crippen LogP contribution in [0.5, 0.6) is 0 Å². The van der Waals surface area contributed by atoms with Gasteiger partial charge in [0.2, 0.25) is 0 Å². The highest BCUT2D eigenvalue weighted by molar-refractivity contribution is 5.94. The van der Waals surface area contributed by atoms with Gasteiger partial charge >= 0.3 is 0 Å². The van der Waals surface area contributed by atoms with E-state index in [-0.39, 0.29) is 5.91 Å². The summed E-state index contributed by atoms with van der Waals surface area (Å²) in [4.78, 5) is 11.6. The number of hydrogen-bond acceptors (Lipinski definition) is 2. The van der Waals surface area contributed by atoms with Gasteiger partial charge < -0.3 is 10.6 Å². The van der Waals surface area contributed by atoms with Crippen LogP contribution < -0.4 is 10.6 Å². The molecule has 1 aromatic rings. The summed E-state index contributed by atoms with van der Waals surface area (Å²) in [5, 5.41) is 5.81. The molecule has 0 saturated carbocycles. The molecule has 2 N–H and O–H groups in total. The summed E-state index contributed by atoms with van der Waals surface area (Å²) in [6.45, 7) is 3.55. The predicted molar refractivity (Wildman–Crippen MR) is 62.1 cm³/mol. The van der Waals surface area contributed by atoms with Crippen molar-refractivity contribution in [3.05, 3.63) is 35.4 Å². The molecule has 3 heteroatoms. The van der Waals surface area contributed by atoms with Gasteiger partial charge in [0.1, 0.15) is 0 Å². The summed E-state index contributed by atoms with van der Waals surface area (Å²) in [6.07, 6.45) is 1.00. The Morgan fingerprint density at radius 3 is 2.40 bits per heavy atom. The summed E-state index contributed by atoms with van der Waals surface area (Å²) in [7, 11) is 1.86. The van der Waals surface area contributed by atoms with Gasteiger partial charge in [-0.05, 0) is 31.2 Å². The standard InChI is InChI=1S/C12H18N2O/c1-3-10-4-6-11(7-5-10)12(15)14-9-8-13-2/h4-7,13H,3,8-9H2,1-2H3,(H,14,15). The predicted octanol–water partition coefficient (Wildman–Crippen LogP) is 1.20. The molecule has 0 aromatic heterocycles. The van der Waals surface area contributed by atoms with E-state index in [1.165, 1.54) is 5.56 Å². The van der Waals surface area contributed by atoms with Gasteiger partial charge in [0.25, 0.3) is 5.91 Å². The van der Waals surface area contributed by atoms with Crippen molar-refractivity contribution in [2.75, 3.05) is 20.1 Å². The molecule has 1 amide bonds. The monoisotopic (exact) mass is 206 g/mol. The third-order valence-corrected chi connectivity index (χ3v) is 2.28. The van der Waals surface area contributed by atoms with Crippen LogP contribution in [0.3, 0.4) is 0 Å². The third-order valence-electron chi connectivity index (χ3n) is 2.28. The van der Waals surface area contributed by atoms with Crippen LogP contribution >= 0.6 is 0 Å². The van der Waals surface area contributed by atoms with Gasteiger partial charge in [0, 0.05) is 18.7 Å². The Labute approximate surface area is 90.9 Å². The first kappa shape index (κ1) is 11.7. The van der Waals surface area contributed by atoms with E-state index in [4.69, 9.17) is 0 Å². The second-order valence-corrected chi connectivity index (χ2v) is 3.41. The lowest BCUT2D eigenvalue weighted by atomic mass is 10.1. The summed E-state index contributed by atoms with van der Waals surface area (Å²) >= 11 is 0. The summed E-state index contributed by atoms with van der Waals surface area (Å²) in [5.41, 5.74) is 1.98. The molecule has 0 radical (unpaired) electrons. The summed E-state index contributed by atoms with van der Waals surface area (Å²) in [5.74, 6) is -0.00657. The number of likely N-dealkylation sites (N-methyl/N-ethyl adjacent to an activating group) is 1. The zero-order valence-electron chi connectivity index (χ0n) is 9.34. The third kappa shape index (κ3) is 3.72. The number of benzene rings is 1. The van der Waals surface area contributed by atoms with Crippen molar-refractivity contribution in [2.24, 2.45) is 0 Å². The first-order valence-electron chi connectivity index (χ1n) is 5.29. The zero-order chi connectivity index (χ0) is 11.1. The lowest BCUT2D eigenvalue weighted by Crippen LogP contribution is -2.30. The Morgan fingerprint density at radius 1 is 1.20 bits per heavy atom. The molecule has 0 saturated heterocycles. The number of aryl methyl sites for hydroxylation is 1. The largest absolute Gasteiger partial charge is 0.351 e. The molecule has 0 atom stereocenters. The first-order valence-corrected chi connectivity index (χ1v) is 5.29. The smallest absolute Gasteiger partial charge is 0.251 e. The molecule has 1 rings (SSSR count). The zero-order valence-corrected chi connectivity index (χ0v) is 9.34. The van der Waals surface area contributed by atoms with Crippen molar-refractivity contribution < 1.29 is 4.79 Å². The van der Waals surface area contributed by atoms with E-state index < -0.39 is 0 Å².